The number of alkyl halides is 6. The summed E-state index contributed by atoms with van der Waals surface area (Å²) in [7, 11) is 0. The van der Waals surface area contributed by atoms with Crippen LogP contribution in [0.4, 0.5) is 26.3 Å². The number of carbonyl (C=O) groups is 1. The summed E-state index contributed by atoms with van der Waals surface area (Å²) in [5.74, 6) is -0.885. The fourth-order valence-corrected chi connectivity index (χ4v) is 1.70. The minimum atomic E-state index is -5.94. The number of benzene rings is 1. The molecule has 0 saturated carbocycles. The zero-order chi connectivity index (χ0) is 16.6. The van der Waals surface area contributed by atoms with Crippen LogP contribution in [0.3, 0.4) is 0 Å². The lowest BCUT2D eigenvalue weighted by Gasteiger charge is -2.32. The van der Waals surface area contributed by atoms with E-state index in [1.165, 1.54) is 13.8 Å². The van der Waals surface area contributed by atoms with Crippen molar-refractivity contribution in [2.24, 2.45) is 5.92 Å². The predicted octanol–water partition coefficient (Wildman–Crippen LogP) is 3.84. The van der Waals surface area contributed by atoms with E-state index in [9.17, 15) is 31.1 Å². The second-order valence-electron chi connectivity index (χ2n) is 4.80. The molecule has 0 radical (unpaired) electrons. The van der Waals surface area contributed by atoms with Crippen LogP contribution >= 0.6 is 0 Å². The quantitative estimate of drug-likeness (QED) is 0.680. The number of Topliss-reactive ketones (excluding diaryl/α,β-unsaturated/α-hetero) is 1. The average molecular weight is 314 g/mol. The SMILES string of the molecule is CC(C)C(=O)c1ccc(C(O)(C(F)(F)F)C(F)(F)F)cc1. The first kappa shape index (κ1) is 17.5. The molecular weight excluding hydrogens is 302 g/mol. The van der Waals surface area contributed by atoms with E-state index in [2.05, 4.69) is 0 Å². The van der Waals surface area contributed by atoms with Crippen molar-refractivity contribution in [1.29, 1.82) is 0 Å². The van der Waals surface area contributed by atoms with Crippen molar-refractivity contribution in [2.45, 2.75) is 31.8 Å². The van der Waals surface area contributed by atoms with Gasteiger partial charge < -0.3 is 5.11 Å². The number of carbonyl (C=O) groups excluding carboxylic acids is 1. The highest BCUT2D eigenvalue weighted by molar-refractivity contribution is 5.97. The van der Waals surface area contributed by atoms with Gasteiger partial charge in [-0.2, -0.15) is 26.3 Å². The van der Waals surface area contributed by atoms with Gasteiger partial charge in [0.25, 0.3) is 5.60 Å². The molecule has 0 heterocycles. The van der Waals surface area contributed by atoms with Gasteiger partial charge >= 0.3 is 12.4 Å². The molecular formula is C13H12F6O2. The van der Waals surface area contributed by atoms with E-state index >= 15 is 0 Å². The molecule has 1 aromatic rings. The predicted molar refractivity (Wildman–Crippen MR) is 61.6 cm³/mol. The van der Waals surface area contributed by atoms with Crippen molar-refractivity contribution in [3.63, 3.8) is 0 Å². The first-order valence-corrected chi connectivity index (χ1v) is 5.83. The Morgan fingerprint density at radius 1 is 0.952 bits per heavy atom. The maximum Gasteiger partial charge on any atom is 0.430 e. The topological polar surface area (TPSA) is 37.3 Å². The van der Waals surface area contributed by atoms with Gasteiger partial charge in [-0.05, 0) is 0 Å². The number of hydrogen-bond acceptors (Lipinski definition) is 2. The van der Waals surface area contributed by atoms with Gasteiger partial charge in [0.05, 0.1) is 0 Å². The van der Waals surface area contributed by atoms with Gasteiger partial charge in [0, 0.05) is 17.0 Å². The highest BCUT2D eigenvalue weighted by Gasteiger charge is 2.71. The molecule has 118 valence electrons. The summed E-state index contributed by atoms with van der Waals surface area (Å²) in [6.45, 7) is 3.08. The first-order chi connectivity index (χ1) is 9.32. The standard InChI is InChI=1S/C13H12F6O2/c1-7(2)10(20)8-3-5-9(6-4-8)11(21,12(14,15)16)13(17,18)19/h3-7,21H,1-2H3. The summed E-state index contributed by atoms with van der Waals surface area (Å²) in [6, 6.07) is 2.58. The minimum absolute atomic E-state index is 0.0274. The highest BCUT2D eigenvalue weighted by atomic mass is 19.4. The molecule has 0 aliphatic carbocycles. The van der Waals surface area contributed by atoms with E-state index in [0.717, 1.165) is 12.1 Å². The van der Waals surface area contributed by atoms with Crippen LogP contribution in [0, 0.1) is 5.92 Å². The third-order valence-corrected chi connectivity index (χ3v) is 2.93. The summed E-state index contributed by atoms with van der Waals surface area (Å²) in [4.78, 5) is 11.6. The molecule has 1 N–H and O–H groups in total. The van der Waals surface area contributed by atoms with E-state index in [1.54, 1.807) is 0 Å². The third kappa shape index (κ3) is 3.04. The number of halogens is 6. The van der Waals surface area contributed by atoms with Gasteiger partial charge in [-0.25, -0.2) is 0 Å². The summed E-state index contributed by atoms with van der Waals surface area (Å²) < 4.78 is 75.8. The monoisotopic (exact) mass is 314 g/mol. The number of aliphatic hydroxyl groups is 1. The molecule has 0 aliphatic heterocycles. The van der Waals surface area contributed by atoms with Crippen molar-refractivity contribution < 1.29 is 36.2 Å². The van der Waals surface area contributed by atoms with Gasteiger partial charge in [0.2, 0.25) is 0 Å². The van der Waals surface area contributed by atoms with Gasteiger partial charge in [0.1, 0.15) is 0 Å². The number of rotatable bonds is 3. The first-order valence-electron chi connectivity index (χ1n) is 5.83. The van der Waals surface area contributed by atoms with E-state index in [-0.39, 0.29) is 5.56 Å². The zero-order valence-electron chi connectivity index (χ0n) is 11.0. The van der Waals surface area contributed by atoms with Crippen LogP contribution < -0.4 is 0 Å². The molecule has 0 spiro atoms. The van der Waals surface area contributed by atoms with Crippen LogP contribution in [0.2, 0.25) is 0 Å². The second kappa shape index (κ2) is 5.32. The Bertz CT molecular complexity index is 499. The summed E-state index contributed by atoms with van der Waals surface area (Å²) >= 11 is 0. The van der Waals surface area contributed by atoms with Gasteiger partial charge in [-0.1, -0.05) is 38.1 Å². The second-order valence-corrected chi connectivity index (χ2v) is 4.80. The van der Waals surface area contributed by atoms with Gasteiger partial charge in [-0.3, -0.25) is 4.79 Å². The largest absolute Gasteiger partial charge is 0.430 e. The van der Waals surface area contributed by atoms with Crippen LogP contribution in [0.15, 0.2) is 24.3 Å². The number of hydrogen-bond donors (Lipinski definition) is 1. The molecule has 2 nitrogen and oxygen atoms in total. The summed E-state index contributed by atoms with van der Waals surface area (Å²) in [5, 5.41) is 9.16. The van der Waals surface area contributed by atoms with Crippen LogP contribution in [0.5, 0.6) is 0 Å². The summed E-state index contributed by atoms with van der Waals surface area (Å²) in [6.07, 6.45) is -11.9. The Balaban J connectivity index is 3.34. The van der Waals surface area contributed by atoms with E-state index in [0.29, 0.717) is 12.1 Å². The molecule has 0 bridgehead atoms. The molecule has 0 saturated heterocycles. The molecule has 8 heteroatoms. The van der Waals surface area contributed by atoms with Gasteiger partial charge in [0.15, 0.2) is 5.78 Å². The molecule has 0 aromatic heterocycles. The Morgan fingerprint density at radius 2 is 1.33 bits per heavy atom. The van der Waals surface area contributed by atoms with Crippen LogP contribution in [0.25, 0.3) is 0 Å². The molecule has 0 atom stereocenters. The highest BCUT2D eigenvalue weighted by Crippen LogP contribution is 2.49. The van der Waals surface area contributed by atoms with Crippen molar-refractivity contribution >= 4 is 5.78 Å². The normalized spacial score (nSPS) is 13.6. The Hall–Kier alpha value is -1.57. The van der Waals surface area contributed by atoms with E-state index < -0.39 is 35.2 Å². The fraction of sp³-hybridized carbons (Fsp3) is 0.462. The Kier molecular flexibility index (Phi) is 4.43. The smallest absolute Gasteiger partial charge is 0.369 e. The fourth-order valence-electron chi connectivity index (χ4n) is 1.70. The van der Waals surface area contributed by atoms with Crippen molar-refractivity contribution in [3.8, 4) is 0 Å². The maximum absolute atomic E-state index is 12.6. The molecule has 0 amide bonds. The lowest BCUT2D eigenvalue weighted by atomic mass is 9.90. The molecule has 1 rings (SSSR count). The molecule has 0 unspecified atom stereocenters. The maximum atomic E-state index is 12.6. The van der Waals surface area contributed by atoms with Crippen molar-refractivity contribution in [2.75, 3.05) is 0 Å². The minimum Gasteiger partial charge on any atom is -0.369 e. The van der Waals surface area contributed by atoms with Crippen molar-refractivity contribution in [3.05, 3.63) is 35.4 Å². The number of ketones is 1. The lowest BCUT2D eigenvalue weighted by molar-refractivity contribution is -0.376. The Morgan fingerprint density at radius 3 is 1.62 bits per heavy atom. The zero-order valence-corrected chi connectivity index (χ0v) is 11.0. The van der Waals surface area contributed by atoms with Gasteiger partial charge in [-0.15, -0.1) is 0 Å². The van der Waals surface area contributed by atoms with E-state index in [1.807, 2.05) is 0 Å². The van der Waals surface area contributed by atoms with Crippen molar-refractivity contribution in [1.82, 2.24) is 0 Å². The van der Waals surface area contributed by atoms with Crippen LogP contribution in [-0.2, 0) is 5.60 Å². The molecule has 1 aromatic carbocycles. The Labute approximate surface area is 116 Å². The molecule has 0 aliphatic rings. The average Bonchev–Trinajstić information content (AvgIpc) is 2.34. The third-order valence-electron chi connectivity index (χ3n) is 2.93. The molecule has 0 fully saturated rings. The van der Waals surface area contributed by atoms with E-state index in [4.69, 9.17) is 5.11 Å². The lowest BCUT2D eigenvalue weighted by Crippen LogP contribution is -2.53. The van der Waals surface area contributed by atoms with Crippen LogP contribution in [0.1, 0.15) is 29.8 Å². The van der Waals surface area contributed by atoms with Crippen LogP contribution in [-0.4, -0.2) is 23.2 Å². The summed E-state index contributed by atoms with van der Waals surface area (Å²) in [5.41, 5.74) is -6.39. The molecule has 21 heavy (non-hydrogen) atoms.